The molecule has 3 nitrogen and oxygen atoms in total. The molecule has 0 saturated heterocycles. The van der Waals surface area contributed by atoms with Gasteiger partial charge in [-0.05, 0) is 38.5 Å². The monoisotopic (exact) mass is 247 g/mol. The summed E-state index contributed by atoms with van der Waals surface area (Å²) in [6.07, 6.45) is 4.22. The molecule has 1 aromatic rings. The minimum atomic E-state index is 0.150. The maximum absolute atomic E-state index is 5.55. The molecule has 3 heteroatoms. The molecule has 1 heterocycles. The molecule has 0 bridgehead atoms. The van der Waals surface area contributed by atoms with Crippen LogP contribution < -0.4 is 14.8 Å². The summed E-state index contributed by atoms with van der Waals surface area (Å²) in [5.74, 6) is 1.68. The minimum absolute atomic E-state index is 0.150. The smallest absolute Gasteiger partial charge is 0.161 e. The van der Waals surface area contributed by atoms with E-state index in [1.807, 2.05) is 18.2 Å². The van der Waals surface area contributed by atoms with Gasteiger partial charge >= 0.3 is 0 Å². The van der Waals surface area contributed by atoms with E-state index in [0.717, 1.165) is 23.6 Å². The summed E-state index contributed by atoms with van der Waals surface area (Å²) in [5, 5.41) is 3.41. The van der Waals surface area contributed by atoms with Crippen LogP contribution in [0, 0.1) is 0 Å². The Morgan fingerprint density at radius 3 is 2.61 bits per heavy atom. The largest absolute Gasteiger partial charge is 0.486 e. The van der Waals surface area contributed by atoms with Crippen LogP contribution in [0.25, 0.3) is 6.08 Å². The van der Waals surface area contributed by atoms with Crippen LogP contribution in [0.5, 0.6) is 11.5 Å². The van der Waals surface area contributed by atoms with Crippen LogP contribution in [-0.4, -0.2) is 25.3 Å². The van der Waals surface area contributed by atoms with Crippen molar-refractivity contribution in [1.82, 2.24) is 5.32 Å². The van der Waals surface area contributed by atoms with Gasteiger partial charge in [-0.15, -0.1) is 0 Å². The van der Waals surface area contributed by atoms with Gasteiger partial charge in [0.1, 0.15) is 13.2 Å². The molecule has 0 spiro atoms. The van der Waals surface area contributed by atoms with Gasteiger partial charge in [-0.25, -0.2) is 0 Å². The molecule has 0 unspecified atom stereocenters. The molecule has 0 amide bonds. The predicted octanol–water partition coefficient (Wildman–Crippen LogP) is 2.86. The van der Waals surface area contributed by atoms with Crippen molar-refractivity contribution < 1.29 is 9.47 Å². The lowest BCUT2D eigenvalue weighted by atomic mass is 10.1. The van der Waals surface area contributed by atoms with Crippen molar-refractivity contribution in [3.8, 4) is 11.5 Å². The van der Waals surface area contributed by atoms with E-state index in [0.29, 0.717) is 13.2 Å². The normalized spacial score (nSPS) is 15.1. The van der Waals surface area contributed by atoms with Crippen LogP contribution in [0.4, 0.5) is 0 Å². The molecule has 0 fully saturated rings. The van der Waals surface area contributed by atoms with E-state index >= 15 is 0 Å². The first-order chi connectivity index (χ1) is 8.54. The standard InChI is InChI=1S/C15H21NO2/c1-15(2,3)16-8-4-5-12-6-7-13-14(11-12)18-10-9-17-13/h4-7,11,16H,8-10H2,1-3H3. The average Bonchev–Trinajstić information content (AvgIpc) is 2.33. The Kier molecular flexibility index (Phi) is 3.92. The van der Waals surface area contributed by atoms with E-state index < -0.39 is 0 Å². The van der Waals surface area contributed by atoms with Gasteiger partial charge in [0.05, 0.1) is 0 Å². The zero-order valence-corrected chi connectivity index (χ0v) is 11.3. The van der Waals surface area contributed by atoms with Crippen molar-refractivity contribution in [2.75, 3.05) is 19.8 Å². The van der Waals surface area contributed by atoms with Gasteiger partial charge in [0.25, 0.3) is 0 Å². The van der Waals surface area contributed by atoms with Crippen molar-refractivity contribution >= 4 is 6.08 Å². The van der Waals surface area contributed by atoms with Gasteiger partial charge in [-0.2, -0.15) is 0 Å². The zero-order valence-electron chi connectivity index (χ0n) is 11.3. The highest BCUT2D eigenvalue weighted by Gasteiger charge is 2.10. The van der Waals surface area contributed by atoms with Crippen LogP contribution in [0.1, 0.15) is 26.3 Å². The summed E-state index contributed by atoms with van der Waals surface area (Å²) < 4.78 is 11.0. The Morgan fingerprint density at radius 2 is 1.89 bits per heavy atom. The van der Waals surface area contributed by atoms with Crippen LogP contribution in [0.2, 0.25) is 0 Å². The Labute approximate surface area is 109 Å². The lowest BCUT2D eigenvalue weighted by Gasteiger charge is -2.19. The van der Waals surface area contributed by atoms with E-state index in [1.54, 1.807) is 0 Å². The number of ether oxygens (including phenoxy) is 2. The van der Waals surface area contributed by atoms with Gasteiger partial charge in [0.2, 0.25) is 0 Å². The molecule has 1 aliphatic rings. The number of hydrogen-bond donors (Lipinski definition) is 1. The second-order valence-corrected chi connectivity index (χ2v) is 5.44. The van der Waals surface area contributed by atoms with E-state index in [9.17, 15) is 0 Å². The third kappa shape index (κ3) is 3.77. The maximum Gasteiger partial charge on any atom is 0.161 e. The first kappa shape index (κ1) is 13.0. The van der Waals surface area contributed by atoms with Crippen molar-refractivity contribution in [3.63, 3.8) is 0 Å². The Bertz CT molecular complexity index is 433. The average molecular weight is 247 g/mol. The molecule has 2 rings (SSSR count). The number of rotatable bonds is 3. The molecular weight excluding hydrogens is 226 g/mol. The van der Waals surface area contributed by atoms with Gasteiger partial charge < -0.3 is 14.8 Å². The zero-order chi connectivity index (χ0) is 13.0. The van der Waals surface area contributed by atoms with E-state index in [-0.39, 0.29) is 5.54 Å². The summed E-state index contributed by atoms with van der Waals surface area (Å²) in [6, 6.07) is 6.02. The minimum Gasteiger partial charge on any atom is -0.486 e. The van der Waals surface area contributed by atoms with Crippen LogP contribution in [-0.2, 0) is 0 Å². The summed E-state index contributed by atoms with van der Waals surface area (Å²) in [6.45, 7) is 8.60. The predicted molar refractivity (Wildman–Crippen MR) is 74.2 cm³/mol. The highest BCUT2D eigenvalue weighted by molar-refractivity contribution is 5.56. The maximum atomic E-state index is 5.55. The number of nitrogens with one attached hydrogen (secondary N) is 1. The van der Waals surface area contributed by atoms with Gasteiger partial charge in [0, 0.05) is 12.1 Å². The summed E-state index contributed by atoms with van der Waals surface area (Å²) in [7, 11) is 0. The molecule has 0 atom stereocenters. The third-order valence-corrected chi connectivity index (χ3v) is 2.63. The quantitative estimate of drug-likeness (QED) is 0.891. The summed E-state index contributed by atoms with van der Waals surface area (Å²) in [4.78, 5) is 0. The summed E-state index contributed by atoms with van der Waals surface area (Å²) >= 11 is 0. The molecule has 0 saturated carbocycles. The lowest BCUT2D eigenvalue weighted by molar-refractivity contribution is 0.171. The highest BCUT2D eigenvalue weighted by Crippen LogP contribution is 2.30. The second kappa shape index (κ2) is 5.44. The van der Waals surface area contributed by atoms with Crippen LogP contribution in [0.15, 0.2) is 24.3 Å². The van der Waals surface area contributed by atoms with Crippen molar-refractivity contribution in [3.05, 3.63) is 29.8 Å². The molecule has 0 radical (unpaired) electrons. The molecule has 98 valence electrons. The fraction of sp³-hybridized carbons (Fsp3) is 0.467. The van der Waals surface area contributed by atoms with Crippen LogP contribution in [0.3, 0.4) is 0 Å². The Hall–Kier alpha value is -1.48. The van der Waals surface area contributed by atoms with Crippen LogP contribution >= 0.6 is 0 Å². The molecular formula is C15H21NO2. The van der Waals surface area contributed by atoms with Crippen molar-refractivity contribution in [2.45, 2.75) is 26.3 Å². The van der Waals surface area contributed by atoms with E-state index in [1.165, 1.54) is 0 Å². The number of benzene rings is 1. The van der Waals surface area contributed by atoms with E-state index in [4.69, 9.17) is 9.47 Å². The number of hydrogen-bond acceptors (Lipinski definition) is 3. The SMILES string of the molecule is CC(C)(C)NCC=Cc1ccc2c(c1)OCCO2. The molecule has 1 aromatic carbocycles. The lowest BCUT2D eigenvalue weighted by Crippen LogP contribution is -2.35. The van der Waals surface area contributed by atoms with Gasteiger partial charge in [-0.1, -0.05) is 18.2 Å². The fourth-order valence-electron chi connectivity index (χ4n) is 1.72. The Morgan fingerprint density at radius 1 is 1.17 bits per heavy atom. The molecule has 0 aromatic heterocycles. The van der Waals surface area contributed by atoms with Gasteiger partial charge in [-0.3, -0.25) is 0 Å². The number of fused-ring (bicyclic) bond motifs is 1. The van der Waals surface area contributed by atoms with E-state index in [2.05, 4.69) is 38.2 Å². The fourth-order valence-corrected chi connectivity index (χ4v) is 1.72. The topological polar surface area (TPSA) is 30.5 Å². The van der Waals surface area contributed by atoms with Gasteiger partial charge in [0.15, 0.2) is 11.5 Å². The molecule has 1 N–H and O–H groups in total. The highest BCUT2D eigenvalue weighted by atomic mass is 16.6. The third-order valence-electron chi connectivity index (χ3n) is 2.63. The van der Waals surface area contributed by atoms with Crippen molar-refractivity contribution in [1.29, 1.82) is 0 Å². The molecule has 18 heavy (non-hydrogen) atoms. The molecule has 0 aliphatic carbocycles. The first-order valence-electron chi connectivity index (χ1n) is 6.36. The summed E-state index contributed by atoms with van der Waals surface area (Å²) in [5.41, 5.74) is 1.28. The molecule has 1 aliphatic heterocycles. The first-order valence-corrected chi connectivity index (χ1v) is 6.36. The van der Waals surface area contributed by atoms with Crippen molar-refractivity contribution in [2.24, 2.45) is 0 Å². The second-order valence-electron chi connectivity index (χ2n) is 5.44. The Balaban J connectivity index is 1.95.